The number of hydrogen-bond acceptors (Lipinski definition) is 0. The van der Waals surface area contributed by atoms with Crippen molar-refractivity contribution in [3.63, 3.8) is 0 Å². The van der Waals surface area contributed by atoms with E-state index in [2.05, 4.69) is 147 Å². The van der Waals surface area contributed by atoms with Gasteiger partial charge in [0.25, 0.3) is 0 Å². The van der Waals surface area contributed by atoms with Gasteiger partial charge >= 0.3 is 0 Å². The molecule has 0 N–H and O–H groups in total. The van der Waals surface area contributed by atoms with Crippen LogP contribution in [0.4, 0.5) is 0 Å². The second kappa shape index (κ2) is 9.90. The molecule has 224 valence electrons. The van der Waals surface area contributed by atoms with Gasteiger partial charge < -0.3 is 0 Å². The van der Waals surface area contributed by atoms with Gasteiger partial charge in [-0.3, -0.25) is 0 Å². The van der Waals surface area contributed by atoms with Crippen molar-refractivity contribution in [2.75, 3.05) is 0 Å². The minimum absolute atomic E-state index is 0.106. The van der Waals surface area contributed by atoms with Gasteiger partial charge in [-0.1, -0.05) is 135 Å². The molecule has 0 saturated heterocycles. The van der Waals surface area contributed by atoms with Crippen LogP contribution in [0.3, 0.4) is 0 Å². The van der Waals surface area contributed by atoms with Crippen LogP contribution in [-0.4, -0.2) is 0 Å². The zero-order chi connectivity index (χ0) is 31.3. The minimum atomic E-state index is -0.106. The molecule has 4 aliphatic rings. The van der Waals surface area contributed by atoms with Gasteiger partial charge in [-0.05, 0) is 138 Å². The summed E-state index contributed by atoms with van der Waals surface area (Å²) in [6.45, 7) is 4.82. The highest BCUT2D eigenvalue weighted by Crippen LogP contribution is 2.52. The van der Waals surface area contributed by atoms with Crippen LogP contribution < -0.4 is 0 Å². The second-order valence-corrected chi connectivity index (χ2v) is 14.3. The summed E-state index contributed by atoms with van der Waals surface area (Å²) in [6, 6.07) is 39.8. The summed E-state index contributed by atoms with van der Waals surface area (Å²) in [6.07, 6.45) is 15.8. The van der Waals surface area contributed by atoms with E-state index in [1.165, 1.54) is 99.8 Å². The van der Waals surface area contributed by atoms with Crippen molar-refractivity contribution < 1.29 is 0 Å². The molecular formula is C47H36. The van der Waals surface area contributed by atoms with Crippen LogP contribution in [0.1, 0.15) is 59.2 Å². The van der Waals surface area contributed by atoms with E-state index < -0.39 is 0 Å². The molecule has 0 atom stereocenters. The molecule has 0 heterocycles. The van der Waals surface area contributed by atoms with E-state index >= 15 is 0 Å². The van der Waals surface area contributed by atoms with E-state index in [0.29, 0.717) is 0 Å². The molecule has 0 saturated carbocycles. The van der Waals surface area contributed by atoms with E-state index in [1.54, 1.807) is 0 Å². The van der Waals surface area contributed by atoms with Gasteiger partial charge in [0, 0.05) is 5.41 Å². The summed E-state index contributed by atoms with van der Waals surface area (Å²) >= 11 is 0. The van der Waals surface area contributed by atoms with Crippen LogP contribution >= 0.6 is 0 Å². The lowest BCUT2D eigenvalue weighted by Gasteiger charge is -2.25. The van der Waals surface area contributed by atoms with Crippen LogP contribution in [0.25, 0.3) is 66.9 Å². The third-order valence-corrected chi connectivity index (χ3v) is 11.4. The number of benzene rings is 6. The molecule has 0 aromatic heterocycles. The Morgan fingerprint density at radius 1 is 0.489 bits per heavy atom. The molecule has 0 aliphatic heterocycles. The first kappa shape index (κ1) is 27.0. The molecule has 0 bridgehead atoms. The first-order chi connectivity index (χ1) is 23.0. The zero-order valence-corrected chi connectivity index (χ0v) is 27.0. The highest BCUT2D eigenvalue weighted by Gasteiger charge is 2.36. The highest BCUT2D eigenvalue weighted by atomic mass is 14.4. The molecule has 0 nitrogen and oxygen atoms in total. The number of fused-ring (bicyclic) bond motifs is 4. The molecule has 6 aromatic rings. The first-order valence-corrected chi connectivity index (χ1v) is 17.2. The fourth-order valence-electron chi connectivity index (χ4n) is 8.94. The van der Waals surface area contributed by atoms with E-state index in [9.17, 15) is 0 Å². The SMILES string of the molecule is CC1(C)c2cc(-c3ccccc3-c3ccc4c(c3)CC=CC4)ccc2-c2ccc(-c3ccc4c5c6c(ccc35)C=CCC6=CC4)cc21. The van der Waals surface area contributed by atoms with Crippen molar-refractivity contribution in [2.24, 2.45) is 0 Å². The fourth-order valence-corrected chi connectivity index (χ4v) is 8.94. The summed E-state index contributed by atoms with van der Waals surface area (Å²) in [7, 11) is 0. The number of rotatable bonds is 3. The Morgan fingerprint density at radius 3 is 1.89 bits per heavy atom. The topological polar surface area (TPSA) is 0 Å². The molecule has 4 aliphatic carbocycles. The minimum Gasteiger partial charge on any atom is -0.0838 e. The van der Waals surface area contributed by atoms with Crippen molar-refractivity contribution in [1.29, 1.82) is 0 Å². The Bertz CT molecular complexity index is 2420. The van der Waals surface area contributed by atoms with Gasteiger partial charge in [0.05, 0.1) is 0 Å². The summed E-state index contributed by atoms with van der Waals surface area (Å²) in [5.74, 6) is 0. The average molecular weight is 601 g/mol. The largest absolute Gasteiger partial charge is 0.0838 e. The Balaban J connectivity index is 1.07. The molecule has 10 rings (SSSR count). The Labute approximate surface area is 277 Å². The molecule has 0 unspecified atom stereocenters. The Morgan fingerprint density at radius 2 is 1.13 bits per heavy atom. The van der Waals surface area contributed by atoms with Crippen LogP contribution in [0.2, 0.25) is 0 Å². The van der Waals surface area contributed by atoms with Crippen LogP contribution in [0.5, 0.6) is 0 Å². The van der Waals surface area contributed by atoms with E-state index in [-0.39, 0.29) is 5.41 Å². The van der Waals surface area contributed by atoms with Crippen molar-refractivity contribution in [1.82, 2.24) is 0 Å². The summed E-state index contributed by atoms with van der Waals surface area (Å²) in [4.78, 5) is 0. The predicted molar refractivity (Wildman–Crippen MR) is 200 cm³/mol. The Kier molecular flexibility index (Phi) is 5.68. The van der Waals surface area contributed by atoms with Crippen molar-refractivity contribution in [2.45, 2.75) is 44.9 Å². The van der Waals surface area contributed by atoms with Crippen molar-refractivity contribution >= 4 is 22.4 Å². The summed E-state index contributed by atoms with van der Waals surface area (Å²) in [5, 5.41) is 2.84. The van der Waals surface area contributed by atoms with Gasteiger partial charge in [-0.15, -0.1) is 0 Å². The standard InChI is InChI=1S/C47H36/c1-47(2)43-27-35(38-13-6-5-12-37(38)34-17-14-29-8-3-4-9-33(29)26-34)20-23-40(43)41-24-21-36(28-44(41)47)39-22-18-32-16-15-30-10-7-11-31-19-25-42(39)46(32)45(30)31/h3-7,11-15,17-28H,8-10,16H2,1-2H3. The fraction of sp³-hybridized carbons (Fsp3) is 0.149. The highest BCUT2D eigenvalue weighted by molar-refractivity contribution is 6.08. The van der Waals surface area contributed by atoms with E-state index in [4.69, 9.17) is 0 Å². The smallest absolute Gasteiger partial charge is 0.0159 e. The molecule has 0 spiro atoms. The van der Waals surface area contributed by atoms with Crippen LogP contribution in [0, 0.1) is 0 Å². The van der Waals surface area contributed by atoms with Gasteiger partial charge in [-0.25, -0.2) is 0 Å². The predicted octanol–water partition coefficient (Wildman–Crippen LogP) is 12.2. The molecule has 6 aromatic carbocycles. The number of allylic oxidation sites excluding steroid dienone is 5. The maximum absolute atomic E-state index is 2.49. The van der Waals surface area contributed by atoms with E-state index in [0.717, 1.165) is 25.7 Å². The normalized spacial score (nSPS) is 16.1. The maximum Gasteiger partial charge on any atom is 0.0159 e. The zero-order valence-electron chi connectivity index (χ0n) is 27.0. The molecule has 0 amide bonds. The second-order valence-electron chi connectivity index (χ2n) is 14.3. The lowest BCUT2D eigenvalue weighted by molar-refractivity contribution is 0.661. The molecule has 47 heavy (non-hydrogen) atoms. The van der Waals surface area contributed by atoms with E-state index in [1.807, 2.05) is 0 Å². The lowest BCUT2D eigenvalue weighted by Crippen LogP contribution is -2.15. The maximum atomic E-state index is 2.49. The molecule has 0 radical (unpaired) electrons. The number of hydrogen-bond donors (Lipinski definition) is 0. The van der Waals surface area contributed by atoms with Crippen LogP contribution in [0.15, 0.2) is 127 Å². The quantitative estimate of drug-likeness (QED) is 0.177. The molecule has 0 fully saturated rings. The monoisotopic (exact) mass is 600 g/mol. The van der Waals surface area contributed by atoms with Crippen molar-refractivity contribution in [3.8, 4) is 44.5 Å². The molecular weight excluding hydrogens is 565 g/mol. The summed E-state index contributed by atoms with van der Waals surface area (Å²) < 4.78 is 0. The average Bonchev–Trinajstić information content (AvgIpc) is 3.35. The lowest BCUT2D eigenvalue weighted by atomic mass is 9.78. The van der Waals surface area contributed by atoms with Gasteiger partial charge in [-0.2, -0.15) is 0 Å². The van der Waals surface area contributed by atoms with Gasteiger partial charge in [0.1, 0.15) is 0 Å². The third-order valence-electron chi connectivity index (χ3n) is 11.4. The molecule has 0 heteroatoms. The summed E-state index contributed by atoms with van der Waals surface area (Å²) in [5.41, 5.74) is 22.0. The third kappa shape index (κ3) is 3.94. The van der Waals surface area contributed by atoms with Crippen LogP contribution in [-0.2, 0) is 24.7 Å². The van der Waals surface area contributed by atoms with Gasteiger partial charge in [0.2, 0.25) is 0 Å². The Hall–Kier alpha value is -5.20. The van der Waals surface area contributed by atoms with Crippen molar-refractivity contribution in [3.05, 3.63) is 166 Å². The van der Waals surface area contributed by atoms with Gasteiger partial charge in [0.15, 0.2) is 0 Å². The first-order valence-electron chi connectivity index (χ1n) is 17.2.